The molecule has 27 heavy (non-hydrogen) atoms. The molecule has 0 radical (unpaired) electrons. The molecule has 0 aliphatic heterocycles. The van der Waals surface area contributed by atoms with Gasteiger partial charge < -0.3 is 10.1 Å². The number of nitrogens with zero attached hydrogens (tertiary/aromatic N) is 2. The molecule has 6 nitrogen and oxygen atoms in total. The molecule has 0 fully saturated rings. The molecular formula is C18H16F2N4O2S. The van der Waals surface area contributed by atoms with Gasteiger partial charge in [-0.15, -0.1) is 0 Å². The van der Waals surface area contributed by atoms with Gasteiger partial charge in [-0.2, -0.15) is 25.6 Å². The second-order valence-corrected chi connectivity index (χ2v) is 6.37. The summed E-state index contributed by atoms with van der Waals surface area (Å²) in [6.45, 7) is -2.93. The maximum Gasteiger partial charge on any atom is 0.387 e. The van der Waals surface area contributed by atoms with Crippen LogP contribution in [0.3, 0.4) is 0 Å². The van der Waals surface area contributed by atoms with Crippen LogP contribution in [0.15, 0.2) is 48.8 Å². The summed E-state index contributed by atoms with van der Waals surface area (Å²) in [6, 6.07) is 9.72. The fourth-order valence-corrected chi connectivity index (χ4v) is 3.00. The zero-order valence-electron chi connectivity index (χ0n) is 14.3. The van der Waals surface area contributed by atoms with Crippen molar-refractivity contribution in [3.05, 3.63) is 59.9 Å². The average molecular weight is 390 g/mol. The molecule has 140 valence electrons. The Labute approximate surface area is 158 Å². The quantitative estimate of drug-likeness (QED) is 0.632. The smallest absolute Gasteiger partial charge is 0.387 e. The van der Waals surface area contributed by atoms with Crippen LogP contribution in [0, 0.1) is 0 Å². The third-order valence-corrected chi connectivity index (χ3v) is 4.23. The van der Waals surface area contributed by atoms with Crippen molar-refractivity contribution in [1.29, 1.82) is 0 Å². The molecule has 2 aromatic heterocycles. The molecule has 0 saturated heterocycles. The highest BCUT2D eigenvalue weighted by Gasteiger charge is 2.17. The number of nitrogens with one attached hydrogen (secondary N) is 2. The Morgan fingerprint density at radius 1 is 1.33 bits per heavy atom. The second-order valence-electron chi connectivity index (χ2n) is 5.50. The number of alkyl halides is 2. The number of halogens is 2. The lowest BCUT2D eigenvalue weighted by Gasteiger charge is -2.08. The van der Waals surface area contributed by atoms with Gasteiger partial charge in [-0.25, -0.2) is 4.98 Å². The third-order valence-electron chi connectivity index (χ3n) is 3.61. The summed E-state index contributed by atoms with van der Waals surface area (Å²) in [6.07, 6.45) is 4.99. The normalized spacial score (nSPS) is 10.8. The summed E-state index contributed by atoms with van der Waals surface area (Å²) in [5.74, 6) is 0.815. The summed E-state index contributed by atoms with van der Waals surface area (Å²) in [5, 5.41) is 9.35. The monoisotopic (exact) mass is 390 g/mol. The van der Waals surface area contributed by atoms with E-state index < -0.39 is 12.5 Å². The fraction of sp³-hybridized carbons (Fsp3) is 0.167. The average Bonchev–Trinajstić information content (AvgIpc) is 3.12. The van der Waals surface area contributed by atoms with E-state index in [-0.39, 0.29) is 11.3 Å². The third kappa shape index (κ3) is 4.82. The van der Waals surface area contributed by atoms with Gasteiger partial charge in [0.1, 0.15) is 11.6 Å². The van der Waals surface area contributed by atoms with Crippen molar-refractivity contribution in [2.24, 2.45) is 0 Å². The van der Waals surface area contributed by atoms with Crippen LogP contribution < -0.4 is 10.1 Å². The summed E-state index contributed by atoms with van der Waals surface area (Å²) >= 11 is 1.66. The van der Waals surface area contributed by atoms with Crippen LogP contribution in [-0.2, 0) is 5.75 Å². The summed E-state index contributed by atoms with van der Waals surface area (Å²) < 4.78 is 29.2. The number of hydrogen-bond acceptors (Lipinski definition) is 5. The molecule has 0 unspecified atom stereocenters. The number of anilines is 1. The summed E-state index contributed by atoms with van der Waals surface area (Å²) in [4.78, 5) is 16.8. The Balaban J connectivity index is 1.82. The van der Waals surface area contributed by atoms with E-state index in [2.05, 4.69) is 25.2 Å². The molecule has 9 heteroatoms. The minimum absolute atomic E-state index is 0.00473. The lowest BCUT2D eigenvalue weighted by atomic mass is 10.1. The van der Waals surface area contributed by atoms with Crippen LogP contribution in [-0.4, -0.2) is 34.0 Å². The first-order chi connectivity index (χ1) is 13.1. The van der Waals surface area contributed by atoms with Crippen LogP contribution in [0.5, 0.6) is 5.75 Å². The predicted octanol–water partition coefficient (Wildman–Crippen LogP) is 4.19. The number of pyridine rings is 1. The van der Waals surface area contributed by atoms with Crippen LogP contribution in [0.1, 0.15) is 15.9 Å². The fourth-order valence-electron chi connectivity index (χ4n) is 2.49. The number of ether oxygens (including phenoxy) is 1. The number of thioether (sulfide) groups is 1. The van der Waals surface area contributed by atoms with Gasteiger partial charge in [0.05, 0.1) is 17.5 Å². The number of carbonyl (C=O) groups excluding carboxylic acids is 1. The van der Waals surface area contributed by atoms with E-state index in [1.54, 1.807) is 36.2 Å². The standard InChI is InChI=1S/C18H16F2N4O2S/c1-27-10-11-5-6-21-15(7-11)23-17(25)14-9-22-24-16(14)12-3-2-4-13(8-12)26-18(19)20/h2-9,18H,10H2,1H3,(H,22,24)(H,21,23,25). The van der Waals surface area contributed by atoms with E-state index in [0.717, 1.165) is 11.3 Å². The number of carbonyl (C=O) groups is 1. The molecule has 0 spiro atoms. The maximum absolute atomic E-state index is 12.6. The van der Waals surface area contributed by atoms with Crippen molar-refractivity contribution in [2.75, 3.05) is 11.6 Å². The van der Waals surface area contributed by atoms with E-state index in [1.165, 1.54) is 18.3 Å². The van der Waals surface area contributed by atoms with Gasteiger partial charge in [-0.1, -0.05) is 12.1 Å². The Hall–Kier alpha value is -2.94. The number of amides is 1. The number of benzene rings is 1. The summed E-state index contributed by atoms with van der Waals surface area (Å²) in [5.41, 5.74) is 2.20. The highest BCUT2D eigenvalue weighted by Crippen LogP contribution is 2.26. The second kappa shape index (κ2) is 8.63. The predicted molar refractivity (Wildman–Crippen MR) is 100 cm³/mol. The lowest BCUT2D eigenvalue weighted by Crippen LogP contribution is -2.13. The number of aromatic amines is 1. The van der Waals surface area contributed by atoms with Crippen LogP contribution in [0.25, 0.3) is 11.3 Å². The molecule has 1 aromatic carbocycles. The molecule has 0 aliphatic rings. The highest BCUT2D eigenvalue weighted by molar-refractivity contribution is 7.97. The molecule has 2 N–H and O–H groups in total. The SMILES string of the molecule is CSCc1ccnc(NC(=O)c2cn[nH]c2-c2cccc(OC(F)F)c2)c1. The van der Waals surface area contributed by atoms with Crippen molar-refractivity contribution < 1.29 is 18.3 Å². The first-order valence-electron chi connectivity index (χ1n) is 7.90. The lowest BCUT2D eigenvalue weighted by molar-refractivity contribution is -0.0498. The minimum Gasteiger partial charge on any atom is -0.435 e. The van der Waals surface area contributed by atoms with Crippen LogP contribution >= 0.6 is 11.8 Å². The molecule has 0 aliphatic carbocycles. The molecular weight excluding hydrogens is 374 g/mol. The van der Waals surface area contributed by atoms with Crippen molar-refractivity contribution in [2.45, 2.75) is 12.4 Å². The van der Waals surface area contributed by atoms with Gasteiger partial charge in [0.25, 0.3) is 5.91 Å². The van der Waals surface area contributed by atoms with Gasteiger partial charge in [-0.05, 0) is 36.1 Å². The van der Waals surface area contributed by atoms with Gasteiger partial charge in [0, 0.05) is 17.5 Å². The number of rotatable bonds is 7. The van der Waals surface area contributed by atoms with Gasteiger partial charge >= 0.3 is 6.61 Å². The van der Waals surface area contributed by atoms with E-state index in [0.29, 0.717) is 17.1 Å². The number of H-pyrrole nitrogens is 1. The molecule has 0 atom stereocenters. The zero-order valence-corrected chi connectivity index (χ0v) is 15.1. The Kier molecular flexibility index (Phi) is 6.02. The minimum atomic E-state index is -2.93. The largest absolute Gasteiger partial charge is 0.435 e. The van der Waals surface area contributed by atoms with Crippen molar-refractivity contribution in [3.8, 4) is 17.0 Å². The van der Waals surface area contributed by atoms with Crippen LogP contribution in [0.4, 0.5) is 14.6 Å². The van der Waals surface area contributed by atoms with Crippen molar-refractivity contribution in [3.63, 3.8) is 0 Å². The van der Waals surface area contributed by atoms with E-state index in [9.17, 15) is 13.6 Å². The summed E-state index contributed by atoms with van der Waals surface area (Å²) in [7, 11) is 0. The van der Waals surface area contributed by atoms with E-state index in [1.807, 2.05) is 12.3 Å². The first kappa shape index (κ1) is 18.8. The number of hydrogen-bond donors (Lipinski definition) is 2. The highest BCUT2D eigenvalue weighted by atomic mass is 32.2. The van der Waals surface area contributed by atoms with Gasteiger partial charge in [0.15, 0.2) is 0 Å². The molecule has 0 bridgehead atoms. The molecule has 3 rings (SSSR count). The van der Waals surface area contributed by atoms with Crippen molar-refractivity contribution >= 4 is 23.5 Å². The maximum atomic E-state index is 12.6. The van der Waals surface area contributed by atoms with Gasteiger partial charge in [-0.3, -0.25) is 9.89 Å². The number of aromatic nitrogens is 3. The topological polar surface area (TPSA) is 79.9 Å². The molecule has 1 amide bonds. The van der Waals surface area contributed by atoms with E-state index >= 15 is 0 Å². The van der Waals surface area contributed by atoms with Gasteiger partial charge in [0.2, 0.25) is 0 Å². The van der Waals surface area contributed by atoms with E-state index in [4.69, 9.17) is 0 Å². The van der Waals surface area contributed by atoms with Crippen LogP contribution in [0.2, 0.25) is 0 Å². The first-order valence-corrected chi connectivity index (χ1v) is 9.30. The Bertz CT molecular complexity index is 933. The molecule has 3 aromatic rings. The van der Waals surface area contributed by atoms with Crippen molar-refractivity contribution in [1.82, 2.24) is 15.2 Å². The Morgan fingerprint density at radius 3 is 2.96 bits per heavy atom. The Morgan fingerprint density at radius 2 is 2.19 bits per heavy atom. The molecule has 0 saturated carbocycles. The molecule has 2 heterocycles. The zero-order chi connectivity index (χ0) is 19.2.